The van der Waals surface area contributed by atoms with Crippen LogP contribution in [0.5, 0.6) is 23.0 Å². The zero-order valence-electron chi connectivity index (χ0n) is 18.7. The maximum atomic E-state index is 12.7. The van der Waals surface area contributed by atoms with Crippen LogP contribution in [0.15, 0.2) is 60.7 Å². The third-order valence-electron chi connectivity index (χ3n) is 5.32. The van der Waals surface area contributed by atoms with Crippen molar-refractivity contribution in [3.8, 4) is 23.0 Å². The molecule has 1 aliphatic heterocycles. The van der Waals surface area contributed by atoms with E-state index >= 15 is 0 Å². The molecule has 0 spiro atoms. The van der Waals surface area contributed by atoms with Crippen LogP contribution < -0.4 is 24.3 Å². The molecule has 0 aromatic heterocycles. The van der Waals surface area contributed by atoms with Crippen molar-refractivity contribution >= 4 is 11.6 Å². The molecule has 0 aliphatic carbocycles. The third-order valence-corrected chi connectivity index (χ3v) is 5.32. The molecule has 1 aliphatic rings. The third kappa shape index (κ3) is 4.64. The minimum Gasteiger partial charge on any atom is -0.497 e. The summed E-state index contributed by atoms with van der Waals surface area (Å²) in [4.78, 5) is 12.7. The molecule has 1 N–H and O–H groups in total. The van der Waals surface area contributed by atoms with Crippen LogP contribution in [0.25, 0.3) is 0 Å². The van der Waals surface area contributed by atoms with Gasteiger partial charge in [-0.25, -0.2) is 0 Å². The lowest BCUT2D eigenvalue weighted by Crippen LogP contribution is -2.24. The molecule has 3 aromatic carbocycles. The Balaban J connectivity index is 1.41. The molecule has 1 heterocycles. The van der Waals surface area contributed by atoms with Crippen molar-refractivity contribution in [1.82, 2.24) is 0 Å². The van der Waals surface area contributed by atoms with Gasteiger partial charge < -0.3 is 24.3 Å². The Morgan fingerprint density at radius 1 is 1.00 bits per heavy atom. The summed E-state index contributed by atoms with van der Waals surface area (Å²) >= 11 is 0. The summed E-state index contributed by atoms with van der Waals surface area (Å²) in [7, 11) is 3.13. The highest BCUT2D eigenvalue weighted by molar-refractivity contribution is 6.05. The highest BCUT2D eigenvalue weighted by Gasteiger charge is 2.32. The standard InChI is InChI=1S/C26H27NO5/c1-26(2)15-19-6-5-7-23(24(19)32-26)31-16-17-8-10-18(11-9-17)25(28)27-21-14-20(29-3)12-13-22(21)30-4/h5-14H,15-16H2,1-4H3,(H,27,28). The van der Waals surface area contributed by atoms with Crippen molar-refractivity contribution in [2.75, 3.05) is 19.5 Å². The van der Waals surface area contributed by atoms with Gasteiger partial charge in [0.15, 0.2) is 11.5 Å². The number of anilines is 1. The normalized spacial score (nSPS) is 13.6. The molecule has 166 valence electrons. The zero-order valence-corrected chi connectivity index (χ0v) is 18.7. The van der Waals surface area contributed by atoms with Crippen LogP contribution in [0.2, 0.25) is 0 Å². The van der Waals surface area contributed by atoms with E-state index in [9.17, 15) is 4.79 Å². The topological polar surface area (TPSA) is 66.0 Å². The second-order valence-corrected chi connectivity index (χ2v) is 8.29. The molecule has 3 aromatic rings. The van der Waals surface area contributed by atoms with Gasteiger partial charge in [-0.05, 0) is 49.7 Å². The van der Waals surface area contributed by atoms with Crippen molar-refractivity contribution in [2.45, 2.75) is 32.5 Å². The lowest BCUT2D eigenvalue weighted by molar-refractivity contribution is 0.102. The molecular formula is C26H27NO5. The number of ether oxygens (including phenoxy) is 4. The van der Waals surface area contributed by atoms with E-state index in [4.69, 9.17) is 18.9 Å². The first-order valence-electron chi connectivity index (χ1n) is 10.4. The summed E-state index contributed by atoms with van der Waals surface area (Å²) in [5.41, 5.74) is 2.97. The Morgan fingerprint density at radius 2 is 1.78 bits per heavy atom. The fraction of sp³-hybridized carbons (Fsp3) is 0.269. The number of methoxy groups -OCH3 is 2. The van der Waals surface area contributed by atoms with Crippen LogP contribution in [0.1, 0.15) is 35.3 Å². The predicted octanol–water partition coefficient (Wildman–Crippen LogP) is 5.25. The minimum atomic E-state index is -0.236. The fourth-order valence-corrected chi connectivity index (χ4v) is 3.72. The van der Waals surface area contributed by atoms with Crippen LogP contribution in [-0.4, -0.2) is 25.7 Å². The van der Waals surface area contributed by atoms with Gasteiger partial charge in [0.1, 0.15) is 23.7 Å². The van der Waals surface area contributed by atoms with Crippen molar-refractivity contribution in [2.24, 2.45) is 0 Å². The Morgan fingerprint density at radius 3 is 2.50 bits per heavy atom. The molecular weight excluding hydrogens is 406 g/mol. The molecule has 0 saturated heterocycles. The van der Waals surface area contributed by atoms with Gasteiger partial charge in [-0.1, -0.05) is 24.3 Å². The van der Waals surface area contributed by atoms with Gasteiger partial charge in [0, 0.05) is 23.6 Å². The van der Waals surface area contributed by atoms with Crippen molar-refractivity contribution in [3.63, 3.8) is 0 Å². The quantitative estimate of drug-likeness (QED) is 0.551. The number of para-hydroxylation sites is 1. The highest BCUT2D eigenvalue weighted by Crippen LogP contribution is 2.42. The number of amides is 1. The molecule has 0 fully saturated rings. The maximum absolute atomic E-state index is 12.7. The van der Waals surface area contributed by atoms with Gasteiger partial charge in [0.25, 0.3) is 5.91 Å². The van der Waals surface area contributed by atoms with E-state index in [2.05, 4.69) is 25.2 Å². The molecule has 4 rings (SSSR count). The Kier molecular flexibility index (Phi) is 5.95. The first-order chi connectivity index (χ1) is 15.4. The Bertz CT molecular complexity index is 1120. The smallest absolute Gasteiger partial charge is 0.255 e. The number of hydrogen-bond donors (Lipinski definition) is 1. The fourth-order valence-electron chi connectivity index (χ4n) is 3.72. The Hall–Kier alpha value is -3.67. The lowest BCUT2D eigenvalue weighted by Gasteiger charge is -2.18. The highest BCUT2D eigenvalue weighted by atomic mass is 16.5. The second-order valence-electron chi connectivity index (χ2n) is 8.29. The van der Waals surface area contributed by atoms with Gasteiger partial charge >= 0.3 is 0 Å². The minimum absolute atomic E-state index is 0.220. The molecule has 1 amide bonds. The number of hydrogen-bond acceptors (Lipinski definition) is 5. The van der Waals surface area contributed by atoms with Crippen molar-refractivity contribution in [1.29, 1.82) is 0 Å². The van der Waals surface area contributed by atoms with Crippen molar-refractivity contribution < 1.29 is 23.7 Å². The van der Waals surface area contributed by atoms with E-state index in [1.54, 1.807) is 44.6 Å². The van der Waals surface area contributed by atoms with Gasteiger partial charge in [0.05, 0.1) is 19.9 Å². The van der Waals surface area contributed by atoms with E-state index in [1.165, 1.54) is 0 Å². The number of fused-ring (bicyclic) bond motifs is 1. The first-order valence-corrected chi connectivity index (χ1v) is 10.4. The Labute approximate surface area is 188 Å². The van der Waals surface area contributed by atoms with Gasteiger partial charge in [-0.2, -0.15) is 0 Å². The van der Waals surface area contributed by atoms with Crippen LogP contribution in [0.3, 0.4) is 0 Å². The number of nitrogens with one attached hydrogen (secondary N) is 1. The summed E-state index contributed by atoms with van der Waals surface area (Å²) < 4.78 is 22.6. The maximum Gasteiger partial charge on any atom is 0.255 e. The number of carbonyl (C=O) groups excluding carboxylic acids is 1. The molecule has 6 nitrogen and oxygen atoms in total. The summed E-state index contributed by atoms with van der Waals surface area (Å²) in [5, 5.41) is 2.87. The largest absolute Gasteiger partial charge is 0.497 e. The SMILES string of the molecule is COc1ccc(OC)c(NC(=O)c2ccc(COc3cccc4c3OC(C)(C)C4)cc2)c1. The average Bonchev–Trinajstić information content (AvgIpc) is 3.12. The predicted molar refractivity (Wildman–Crippen MR) is 123 cm³/mol. The van der Waals surface area contributed by atoms with E-state index in [0.29, 0.717) is 29.4 Å². The summed E-state index contributed by atoms with van der Waals surface area (Å²) in [6.45, 7) is 4.52. The number of carbonyl (C=O) groups is 1. The summed E-state index contributed by atoms with van der Waals surface area (Å²) in [5.74, 6) is 2.51. The van der Waals surface area contributed by atoms with E-state index in [1.807, 2.05) is 24.3 Å². The van der Waals surface area contributed by atoms with Crippen molar-refractivity contribution in [3.05, 3.63) is 77.4 Å². The second kappa shape index (κ2) is 8.83. The lowest BCUT2D eigenvalue weighted by atomic mass is 10.0. The van der Waals surface area contributed by atoms with Crippen LogP contribution in [0, 0.1) is 0 Å². The average molecular weight is 434 g/mol. The molecule has 0 bridgehead atoms. The van der Waals surface area contributed by atoms with Gasteiger partial charge in [-0.15, -0.1) is 0 Å². The molecule has 0 unspecified atom stereocenters. The number of rotatable bonds is 7. The van der Waals surface area contributed by atoms with Gasteiger partial charge in [0.2, 0.25) is 0 Å². The van der Waals surface area contributed by atoms with Crippen LogP contribution in [0.4, 0.5) is 5.69 Å². The molecule has 6 heteroatoms. The van der Waals surface area contributed by atoms with E-state index in [0.717, 1.165) is 29.0 Å². The summed E-state index contributed by atoms with van der Waals surface area (Å²) in [6, 6.07) is 18.5. The zero-order chi connectivity index (χ0) is 22.7. The van der Waals surface area contributed by atoms with E-state index < -0.39 is 0 Å². The first kappa shape index (κ1) is 21.6. The number of benzene rings is 3. The van der Waals surface area contributed by atoms with Crippen LogP contribution in [-0.2, 0) is 13.0 Å². The summed E-state index contributed by atoms with van der Waals surface area (Å²) in [6.07, 6.45) is 0.863. The molecule has 32 heavy (non-hydrogen) atoms. The monoisotopic (exact) mass is 433 g/mol. The van der Waals surface area contributed by atoms with Gasteiger partial charge in [-0.3, -0.25) is 4.79 Å². The van der Waals surface area contributed by atoms with Crippen LogP contribution >= 0.6 is 0 Å². The molecule has 0 atom stereocenters. The molecule has 0 radical (unpaired) electrons. The van der Waals surface area contributed by atoms with E-state index in [-0.39, 0.29) is 11.5 Å². The molecule has 0 saturated carbocycles.